The molecule has 0 saturated heterocycles. The molecule has 128 valence electrons. The van der Waals surface area contributed by atoms with Gasteiger partial charge >= 0.3 is 0 Å². The van der Waals surface area contributed by atoms with E-state index in [-0.39, 0.29) is 5.82 Å². The molecule has 0 amide bonds. The summed E-state index contributed by atoms with van der Waals surface area (Å²) in [5.74, 6) is 1.05. The van der Waals surface area contributed by atoms with Crippen molar-refractivity contribution in [2.24, 2.45) is 0 Å². The molecule has 0 aliphatic carbocycles. The Morgan fingerprint density at radius 1 is 1.04 bits per heavy atom. The molecule has 2 N–H and O–H groups in total. The van der Waals surface area contributed by atoms with Crippen molar-refractivity contribution >= 4 is 17.5 Å². The summed E-state index contributed by atoms with van der Waals surface area (Å²) in [6.45, 7) is 4.57. The van der Waals surface area contributed by atoms with E-state index in [2.05, 4.69) is 45.7 Å². The molecular formula is C19H20FN5. The van der Waals surface area contributed by atoms with Gasteiger partial charge in [-0.05, 0) is 23.6 Å². The van der Waals surface area contributed by atoms with Crippen molar-refractivity contribution in [1.82, 2.24) is 15.2 Å². The van der Waals surface area contributed by atoms with Gasteiger partial charge in [0, 0.05) is 17.8 Å². The molecule has 1 heterocycles. The number of aromatic nitrogens is 3. The highest BCUT2D eigenvalue weighted by atomic mass is 19.1. The molecule has 5 nitrogen and oxygen atoms in total. The highest BCUT2D eigenvalue weighted by molar-refractivity contribution is 5.61. The fourth-order valence-electron chi connectivity index (χ4n) is 2.51. The fraction of sp³-hybridized carbons (Fsp3) is 0.211. The minimum absolute atomic E-state index is 0.261. The van der Waals surface area contributed by atoms with Crippen LogP contribution in [0.3, 0.4) is 0 Å². The molecule has 3 aromatic rings. The Hall–Kier alpha value is -3.02. The number of para-hydroxylation sites is 1. The van der Waals surface area contributed by atoms with Gasteiger partial charge in [-0.15, -0.1) is 5.10 Å². The molecule has 6 heteroatoms. The molecule has 0 saturated carbocycles. The van der Waals surface area contributed by atoms with Crippen LogP contribution in [-0.2, 0) is 6.54 Å². The van der Waals surface area contributed by atoms with E-state index >= 15 is 0 Å². The SMILES string of the molecule is CC(C)c1ccccc1Nc1cnnc(NCc2ccccc2F)n1. The van der Waals surface area contributed by atoms with Crippen LogP contribution in [-0.4, -0.2) is 15.2 Å². The summed E-state index contributed by atoms with van der Waals surface area (Å²) in [7, 11) is 0. The third-order valence-electron chi connectivity index (χ3n) is 3.80. The predicted molar refractivity (Wildman–Crippen MR) is 97.4 cm³/mol. The third kappa shape index (κ3) is 4.29. The third-order valence-corrected chi connectivity index (χ3v) is 3.80. The summed E-state index contributed by atoms with van der Waals surface area (Å²) < 4.78 is 13.7. The second-order valence-corrected chi connectivity index (χ2v) is 5.98. The summed E-state index contributed by atoms with van der Waals surface area (Å²) in [5.41, 5.74) is 2.73. The Bertz CT molecular complexity index is 850. The lowest BCUT2D eigenvalue weighted by Gasteiger charge is -2.14. The monoisotopic (exact) mass is 337 g/mol. The van der Waals surface area contributed by atoms with Crippen LogP contribution in [0.5, 0.6) is 0 Å². The van der Waals surface area contributed by atoms with Crippen LogP contribution < -0.4 is 10.6 Å². The number of nitrogens with one attached hydrogen (secondary N) is 2. The summed E-state index contributed by atoms with van der Waals surface area (Å²) in [5, 5.41) is 14.2. The summed E-state index contributed by atoms with van der Waals surface area (Å²) in [6, 6.07) is 14.7. The van der Waals surface area contributed by atoms with E-state index in [1.54, 1.807) is 24.4 Å². The standard InChI is InChI=1S/C19H20FN5/c1-13(2)15-8-4-6-10-17(15)23-18-12-22-25-19(24-18)21-11-14-7-3-5-9-16(14)20/h3-10,12-13H,11H2,1-2H3,(H2,21,23,24,25). The van der Waals surface area contributed by atoms with E-state index < -0.39 is 0 Å². The first kappa shape index (κ1) is 16.8. The summed E-state index contributed by atoms with van der Waals surface area (Å²) in [6.07, 6.45) is 1.56. The van der Waals surface area contributed by atoms with Gasteiger partial charge in [0.1, 0.15) is 5.82 Å². The van der Waals surface area contributed by atoms with Gasteiger partial charge < -0.3 is 10.6 Å². The Morgan fingerprint density at radius 3 is 2.60 bits per heavy atom. The average molecular weight is 337 g/mol. The van der Waals surface area contributed by atoms with Gasteiger partial charge in [-0.25, -0.2) is 4.39 Å². The first-order chi connectivity index (χ1) is 12.1. The first-order valence-corrected chi connectivity index (χ1v) is 8.16. The van der Waals surface area contributed by atoms with Crippen molar-refractivity contribution in [3.05, 3.63) is 71.7 Å². The number of rotatable bonds is 6. The zero-order valence-corrected chi connectivity index (χ0v) is 14.2. The van der Waals surface area contributed by atoms with Gasteiger partial charge in [0.25, 0.3) is 0 Å². The minimum Gasteiger partial charge on any atom is -0.349 e. The maximum absolute atomic E-state index is 13.7. The number of hydrogen-bond donors (Lipinski definition) is 2. The number of hydrogen-bond acceptors (Lipinski definition) is 5. The lowest BCUT2D eigenvalue weighted by Crippen LogP contribution is -2.08. The first-order valence-electron chi connectivity index (χ1n) is 8.16. The minimum atomic E-state index is -0.261. The van der Waals surface area contributed by atoms with Gasteiger partial charge in [-0.1, -0.05) is 50.2 Å². The highest BCUT2D eigenvalue weighted by Crippen LogP contribution is 2.26. The lowest BCUT2D eigenvalue weighted by molar-refractivity contribution is 0.612. The molecule has 2 aromatic carbocycles. The smallest absolute Gasteiger partial charge is 0.244 e. The maximum atomic E-state index is 13.7. The lowest BCUT2D eigenvalue weighted by atomic mass is 10.0. The number of halogens is 1. The Labute approximate surface area is 146 Å². The van der Waals surface area contributed by atoms with E-state index in [0.717, 1.165) is 5.69 Å². The number of nitrogens with zero attached hydrogens (tertiary/aromatic N) is 3. The van der Waals surface area contributed by atoms with Gasteiger partial charge in [-0.2, -0.15) is 10.1 Å². The molecule has 0 spiro atoms. The summed E-state index contributed by atoms with van der Waals surface area (Å²) in [4.78, 5) is 4.39. The zero-order chi connectivity index (χ0) is 17.6. The van der Waals surface area contributed by atoms with Crippen molar-refractivity contribution in [3.8, 4) is 0 Å². The summed E-state index contributed by atoms with van der Waals surface area (Å²) >= 11 is 0. The quantitative estimate of drug-likeness (QED) is 0.694. The van der Waals surface area contributed by atoms with Gasteiger partial charge in [0.15, 0.2) is 5.82 Å². The molecule has 25 heavy (non-hydrogen) atoms. The van der Waals surface area contributed by atoms with Crippen molar-refractivity contribution in [1.29, 1.82) is 0 Å². The molecule has 0 atom stereocenters. The van der Waals surface area contributed by atoms with E-state index in [1.807, 2.05) is 18.2 Å². The second-order valence-electron chi connectivity index (χ2n) is 5.98. The Balaban J connectivity index is 1.73. The highest BCUT2D eigenvalue weighted by Gasteiger charge is 2.08. The molecule has 0 unspecified atom stereocenters. The van der Waals surface area contributed by atoms with E-state index in [0.29, 0.717) is 29.8 Å². The fourth-order valence-corrected chi connectivity index (χ4v) is 2.51. The topological polar surface area (TPSA) is 62.7 Å². The van der Waals surface area contributed by atoms with Crippen molar-refractivity contribution in [2.45, 2.75) is 26.3 Å². The van der Waals surface area contributed by atoms with E-state index in [1.165, 1.54) is 11.6 Å². The predicted octanol–water partition coefficient (Wildman–Crippen LogP) is 4.49. The van der Waals surface area contributed by atoms with Gasteiger partial charge in [0.05, 0.1) is 6.20 Å². The van der Waals surface area contributed by atoms with E-state index in [9.17, 15) is 4.39 Å². The molecule has 0 fully saturated rings. The van der Waals surface area contributed by atoms with Crippen LogP contribution in [0.15, 0.2) is 54.7 Å². The van der Waals surface area contributed by atoms with Crippen LogP contribution in [0.2, 0.25) is 0 Å². The van der Waals surface area contributed by atoms with Crippen LogP contribution in [0.1, 0.15) is 30.9 Å². The molecule has 0 aliphatic heterocycles. The normalized spacial score (nSPS) is 10.7. The van der Waals surface area contributed by atoms with Crippen LogP contribution in [0.4, 0.5) is 21.8 Å². The molecule has 1 aromatic heterocycles. The van der Waals surface area contributed by atoms with Crippen LogP contribution in [0, 0.1) is 5.82 Å². The average Bonchev–Trinajstić information content (AvgIpc) is 2.62. The van der Waals surface area contributed by atoms with Crippen LogP contribution >= 0.6 is 0 Å². The number of benzene rings is 2. The maximum Gasteiger partial charge on any atom is 0.244 e. The molecule has 0 radical (unpaired) electrons. The van der Waals surface area contributed by atoms with Gasteiger partial charge in [0.2, 0.25) is 5.95 Å². The van der Waals surface area contributed by atoms with Crippen molar-refractivity contribution in [3.63, 3.8) is 0 Å². The van der Waals surface area contributed by atoms with E-state index in [4.69, 9.17) is 0 Å². The Kier molecular flexibility index (Phi) is 5.18. The molecule has 0 aliphatic rings. The van der Waals surface area contributed by atoms with Gasteiger partial charge in [-0.3, -0.25) is 0 Å². The Morgan fingerprint density at radius 2 is 1.80 bits per heavy atom. The van der Waals surface area contributed by atoms with Crippen molar-refractivity contribution < 1.29 is 4.39 Å². The largest absolute Gasteiger partial charge is 0.349 e. The molecule has 3 rings (SSSR count). The zero-order valence-electron chi connectivity index (χ0n) is 14.2. The van der Waals surface area contributed by atoms with Crippen LogP contribution in [0.25, 0.3) is 0 Å². The number of anilines is 3. The van der Waals surface area contributed by atoms with Crippen molar-refractivity contribution in [2.75, 3.05) is 10.6 Å². The molecule has 0 bridgehead atoms. The molecular weight excluding hydrogens is 317 g/mol. The second kappa shape index (κ2) is 7.70.